The Bertz CT molecular complexity index is 551. The summed E-state index contributed by atoms with van der Waals surface area (Å²) in [5, 5.41) is 4.31. The van der Waals surface area contributed by atoms with Crippen LogP contribution in [0.15, 0.2) is 46.9 Å². The zero-order chi connectivity index (χ0) is 13.8. The summed E-state index contributed by atoms with van der Waals surface area (Å²) in [5.41, 5.74) is 3.65. The van der Waals surface area contributed by atoms with Gasteiger partial charge in [0.15, 0.2) is 0 Å². The maximum Gasteiger partial charge on any atom is 0.0410 e. The van der Waals surface area contributed by atoms with Gasteiger partial charge in [0.1, 0.15) is 0 Å². The number of rotatable bonds is 4. The highest BCUT2D eigenvalue weighted by Crippen LogP contribution is 2.21. The summed E-state index contributed by atoms with van der Waals surface area (Å²) >= 11 is 9.42. The smallest absolute Gasteiger partial charge is 0.0410 e. The number of nitrogens with one attached hydrogen (secondary N) is 1. The van der Waals surface area contributed by atoms with Crippen molar-refractivity contribution in [3.63, 3.8) is 0 Å². The monoisotopic (exact) mass is 337 g/mol. The maximum absolute atomic E-state index is 5.97. The summed E-state index contributed by atoms with van der Waals surface area (Å²) in [7, 11) is 0. The third-order valence-corrected chi connectivity index (χ3v) is 3.81. The zero-order valence-corrected chi connectivity index (χ0v) is 13.4. The summed E-state index contributed by atoms with van der Waals surface area (Å²) in [6.45, 7) is 4.26. The normalized spacial score (nSPS) is 12.2. The van der Waals surface area contributed by atoms with Crippen LogP contribution in [0.4, 0.5) is 5.69 Å². The van der Waals surface area contributed by atoms with Gasteiger partial charge in [-0.25, -0.2) is 0 Å². The van der Waals surface area contributed by atoms with Gasteiger partial charge in [0.05, 0.1) is 0 Å². The summed E-state index contributed by atoms with van der Waals surface area (Å²) < 4.78 is 1.12. The second-order valence-corrected chi connectivity index (χ2v) is 6.19. The van der Waals surface area contributed by atoms with Crippen LogP contribution >= 0.6 is 27.5 Å². The van der Waals surface area contributed by atoms with Crippen LogP contribution in [-0.2, 0) is 6.42 Å². The fraction of sp³-hybridized carbons (Fsp3) is 0.250. The van der Waals surface area contributed by atoms with Crippen molar-refractivity contribution in [3.8, 4) is 0 Å². The Labute approximate surface area is 128 Å². The molecular weight excluding hydrogens is 322 g/mol. The number of halogens is 2. The van der Waals surface area contributed by atoms with Crippen molar-refractivity contribution in [1.29, 1.82) is 0 Å². The molecule has 0 aromatic heterocycles. The molecule has 0 fully saturated rings. The number of aryl methyl sites for hydroxylation is 1. The molecule has 1 nitrogen and oxygen atoms in total. The fourth-order valence-electron chi connectivity index (χ4n) is 2.08. The van der Waals surface area contributed by atoms with Crippen LogP contribution in [0.3, 0.4) is 0 Å². The lowest BCUT2D eigenvalue weighted by Crippen LogP contribution is -2.18. The standard InChI is InChI=1S/C16H17BrClN/c1-11-9-15(18)7-8-16(11)19-12(2)10-13-3-5-14(17)6-4-13/h3-9,12,19H,10H2,1-2H3. The Morgan fingerprint density at radius 2 is 1.84 bits per heavy atom. The van der Waals surface area contributed by atoms with E-state index in [1.165, 1.54) is 11.1 Å². The first-order valence-corrected chi connectivity index (χ1v) is 7.49. The lowest BCUT2D eigenvalue weighted by atomic mass is 10.1. The zero-order valence-electron chi connectivity index (χ0n) is 11.1. The molecule has 100 valence electrons. The van der Waals surface area contributed by atoms with Crippen LogP contribution in [0.25, 0.3) is 0 Å². The lowest BCUT2D eigenvalue weighted by molar-refractivity contribution is 0.789. The van der Waals surface area contributed by atoms with Gasteiger partial charge >= 0.3 is 0 Å². The van der Waals surface area contributed by atoms with Gasteiger partial charge in [-0.1, -0.05) is 39.7 Å². The maximum atomic E-state index is 5.97. The molecule has 0 aliphatic carbocycles. The predicted octanol–water partition coefficient (Wildman–Crippen LogP) is 5.45. The highest BCUT2D eigenvalue weighted by molar-refractivity contribution is 9.10. The van der Waals surface area contributed by atoms with Crippen LogP contribution < -0.4 is 5.32 Å². The first-order chi connectivity index (χ1) is 9.04. The molecule has 3 heteroatoms. The Morgan fingerprint density at radius 1 is 1.16 bits per heavy atom. The highest BCUT2D eigenvalue weighted by Gasteiger charge is 2.06. The van der Waals surface area contributed by atoms with E-state index < -0.39 is 0 Å². The average Bonchev–Trinajstić information content (AvgIpc) is 2.36. The second-order valence-electron chi connectivity index (χ2n) is 4.84. The van der Waals surface area contributed by atoms with Gasteiger partial charge in [0.2, 0.25) is 0 Å². The van der Waals surface area contributed by atoms with E-state index in [4.69, 9.17) is 11.6 Å². The summed E-state index contributed by atoms with van der Waals surface area (Å²) in [6.07, 6.45) is 0.995. The van der Waals surface area contributed by atoms with Gasteiger partial charge in [-0.15, -0.1) is 0 Å². The SMILES string of the molecule is Cc1cc(Cl)ccc1NC(C)Cc1ccc(Br)cc1. The van der Waals surface area contributed by atoms with Crippen LogP contribution in [0.1, 0.15) is 18.1 Å². The Morgan fingerprint density at radius 3 is 2.47 bits per heavy atom. The van der Waals surface area contributed by atoms with E-state index in [9.17, 15) is 0 Å². The Balaban J connectivity index is 2.01. The molecule has 0 saturated heterocycles. The largest absolute Gasteiger partial charge is 0.382 e. The summed E-state index contributed by atoms with van der Waals surface area (Å²) in [5.74, 6) is 0. The molecule has 2 aromatic carbocycles. The molecular formula is C16H17BrClN. The van der Waals surface area contributed by atoms with Crippen molar-refractivity contribution < 1.29 is 0 Å². The van der Waals surface area contributed by atoms with Crippen molar-refractivity contribution in [2.75, 3.05) is 5.32 Å². The van der Waals surface area contributed by atoms with Crippen LogP contribution in [0, 0.1) is 6.92 Å². The summed E-state index contributed by atoms with van der Waals surface area (Å²) in [6, 6.07) is 14.8. The first kappa shape index (κ1) is 14.4. The molecule has 0 bridgehead atoms. The number of hydrogen-bond acceptors (Lipinski definition) is 1. The highest BCUT2D eigenvalue weighted by atomic mass is 79.9. The number of benzene rings is 2. The summed E-state index contributed by atoms with van der Waals surface area (Å²) in [4.78, 5) is 0. The van der Waals surface area contributed by atoms with E-state index in [0.717, 1.165) is 21.6 Å². The van der Waals surface area contributed by atoms with Gasteiger partial charge in [0.25, 0.3) is 0 Å². The molecule has 1 atom stereocenters. The second kappa shape index (κ2) is 6.44. The van der Waals surface area contributed by atoms with Crippen molar-refractivity contribution in [1.82, 2.24) is 0 Å². The molecule has 0 spiro atoms. The van der Waals surface area contributed by atoms with E-state index in [-0.39, 0.29) is 0 Å². The molecule has 0 aliphatic heterocycles. The molecule has 0 heterocycles. The quantitative estimate of drug-likeness (QED) is 0.781. The predicted molar refractivity (Wildman–Crippen MR) is 87.1 cm³/mol. The van der Waals surface area contributed by atoms with E-state index in [1.54, 1.807) is 0 Å². The molecule has 1 unspecified atom stereocenters. The van der Waals surface area contributed by atoms with Gasteiger partial charge in [-0.05, 0) is 61.7 Å². The molecule has 0 saturated carbocycles. The minimum atomic E-state index is 0.376. The van der Waals surface area contributed by atoms with Gasteiger partial charge in [-0.2, -0.15) is 0 Å². The Hall–Kier alpha value is -0.990. The van der Waals surface area contributed by atoms with Crippen molar-refractivity contribution >= 4 is 33.2 Å². The van der Waals surface area contributed by atoms with E-state index in [1.807, 2.05) is 18.2 Å². The minimum Gasteiger partial charge on any atom is -0.382 e. The molecule has 0 aliphatic rings. The number of hydrogen-bond donors (Lipinski definition) is 1. The third kappa shape index (κ3) is 4.26. The van der Waals surface area contributed by atoms with E-state index >= 15 is 0 Å². The van der Waals surface area contributed by atoms with Gasteiger partial charge < -0.3 is 5.32 Å². The fourth-order valence-corrected chi connectivity index (χ4v) is 2.57. The topological polar surface area (TPSA) is 12.0 Å². The molecule has 19 heavy (non-hydrogen) atoms. The average molecular weight is 339 g/mol. The molecule has 0 radical (unpaired) electrons. The van der Waals surface area contributed by atoms with Crippen molar-refractivity contribution in [3.05, 3.63) is 63.1 Å². The van der Waals surface area contributed by atoms with Crippen LogP contribution in [-0.4, -0.2) is 6.04 Å². The Kier molecular flexibility index (Phi) is 4.89. The van der Waals surface area contributed by atoms with Gasteiger partial charge in [0, 0.05) is 21.2 Å². The van der Waals surface area contributed by atoms with Crippen molar-refractivity contribution in [2.24, 2.45) is 0 Å². The van der Waals surface area contributed by atoms with Crippen LogP contribution in [0.2, 0.25) is 5.02 Å². The van der Waals surface area contributed by atoms with Crippen molar-refractivity contribution in [2.45, 2.75) is 26.3 Å². The van der Waals surface area contributed by atoms with Crippen LogP contribution in [0.5, 0.6) is 0 Å². The van der Waals surface area contributed by atoms with E-state index in [2.05, 4.69) is 59.4 Å². The number of anilines is 1. The molecule has 2 rings (SSSR count). The third-order valence-electron chi connectivity index (χ3n) is 3.05. The van der Waals surface area contributed by atoms with Gasteiger partial charge in [-0.3, -0.25) is 0 Å². The first-order valence-electron chi connectivity index (χ1n) is 6.32. The molecule has 1 N–H and O–H groups in total. The molecule has 2 aromatic rings. The minimum absolute atomic E-state index is 0.376. The molecule has 0 amide bonds. The van der Waals surface area contributed by atoms with E-state index in [0.29, 0.717) is 6.04 Å². The lowest BCUT2D eigenvalue weighted by Gasteiger charge is -2.17.